The van der Waals surface area contributed by atoms with Crippen LogP contribution < -0.4 is 5.32 Å². The van der Waals surface area contributed by atoms with E-state index in [0.717, 1.165) is 17.7 Å². The summed E-state index contributed by atoms with van der Waals surface area (Å²) in [5, 5.41) is 2.92. The van der Waals surface area contributed by atoms with E-state index in [0.29, 0.717) is 6.54 Å². The highest BCUT2D eigenvalue weighted by atomic mass is 32.2. The third-order valence-corrected chi connectivity index (χ3v) is 4.28. The average molecular weight is 314 g/mol. The molecule has 0 aliphatic heterocycles. The lowest BCUT2D eigenvalue weighted by Crippen LogP contribution is -2.30. The summed E-state index contributed by atoms with van der Waals surface area (Å²) in [6, 6.07) is 16.1. The Balaban J connectivity index is 1.92. The molecule has 0 spiro atoms. The number of thioether (sulfide) groups is 1. The molecule has 0 bridgehead atoms. The predicted molar refractivity (Wildman–Crippen MR) is 94.5 cm³/mol. The lowest BCUT2D eigenvalue weighted by atomic mass is 10.1. The summed E-state index contributed by atoms with van der Waals surface area (Å²) in [7, 11) is 1.80. The second-order valence-corrected chi connectivity index (χ2v) is 6.06. The van der Waals surface area contributed by atoms with Crippen molar-refractivity contribution in [1.29, 1.82) is 0 Å². The van der Waals surface area contributed by atoms with Gasteiger partial charge in [0.05, 0.1) is 0 Å². The molecule has 0 unspecified atom stereocenters. The standard InChI is InChI=1S/C18H22N2OS/c1-4-14-5-9-16(10-6-14)19-18(21)20(2)13-15-7-11-17(22-3)12-8-15/h5-12H,4,13H2,1-3H3,(H,19,21). The molecule has 2 rings (SSSR count). The number of nitrogens with one attached hydrogen (secondary N) is 1. The fourth-order valence-electron chi connectivity index (χ4n) is 2.12. The molecule has 116 valence electrons. The maximum Gasteiger partial charge on any atom is 0.321 e. The van der Waals surface area contributed by atoms with Gasteiger partial charge < -0.3 is 10.2 Å². The molecule has 0 saturated carbocycles. The van der Waals surface area contributed by atoms with E-state index in [9.17, 15) is 4.79 Å². The van der Waals surface area contributed by atoms with Gasteiger partial charge in [0.25, 0.3) is 0 Å². The molecule has 22 heavy (non-hydrogen) atoms. The van der Waals surface area contributed by atoms with Crippen molar-refractivity contribution in [3.63, 3.8) is 0 Å². The molecule has 0 radical (unpaired) electrons. The number of nitrogens with zero attached hydrogens (tertiary/aromatic N) is 1. The first-order chi connectivity index (χ1) is 10.6. The average Bonchev–Trinajstić information content (AvgIpc) is 2.56. The predicted octanol–water partition coefficient (Wildman–Crippen LogP) is 4.63. The van der Waals surface area contributed by atoms with Gasteiger partial charge in [-0.2, -0.15) is 0 Å². The zero-order chi connectivity index (χ0) is 15.9. The van der Waals surface area contributed by atoms with E-state index in [2.05, 4.69) is 42.8 Å². The summed E-state index contributed by atoms with van der Waals surface area (Å²) in [5.41, 5.74) is 3.21. The first-order valence-corrected chi connectivity index (χ1v) is 8.59. The van der Waals surface area contributed by atoms with E-state index in [1.54, 1.807) is 23.7 Å². The fraction of sp³-hybridized carbons (Fsp3) is 0.278. The van der Waals surface area contributed by atoms with Crippen LogP contribution >= 0.6 is 11.8 Å². The van der Waals surface area contributed by atoms with Gasteiger partial charge in [0.1, 0.15) is 0 Å². The highest BCUT2D eigenvalue weighted by Gasteiger charge is 2.09. The lowest BCUT2D eigenvalue weighted by molar-refractivity contribution is 0.220. The van der Waals surface area contributed by atoms with Crippen molar-refractivity contribution in [3.05, 3.63) is 59.7 Å². The van der Waals surface area contributed by atoms with Crippen molar-refractivity contribution >= 4 is 23.5 Å². The van der Waals surface area contributed by atoms with Gasteiger partial charge in [-0.05, 0) is 48.1 Å². The number of amides is 2. The maximum absolute atomic E-state index is 12.2. The largest absolute Gasteiger partial charge is 0.323 e. The third kappa shape index (κ3) is 4.53. The van der Waals surface area contributed by atoms with E-state index in [1.807, 2.05) is 24.3 Å². The molecule has 1 N–H and O–H groups in total. The number of urea groups is 1. The quantitative estimate of drug-likeness (QED) is 0.816. The molecule has 4 heteroatoms. The van der Waals surface area contributed by atoms with Crippen LogP contribution in [0.25, 0.3) is 0 Å². The van der Waals surface area contributed by atoms with Crippen LogP contribution in [0.3, 0.4) is 0 Å². The molecular weight excluding hydrogens is 292 g/mol. The lowest BCUT2D eigenvalue weighted by Gasteiger charge is -2.18. The van der Waals surface area contributed by atoms with Gasteiger partial charge >= 0.3 is 6.03 Å². The van der Waals surface area contributed by atoms with Crippen molar-refractivity contribution in [3.8, 4) is 0 Å². The number of anilines is 1. The molecule has 0 aliphatic carbocycles. The van der Waals surface area contributed by atoms with Gasteiger partial charge in [0.2, 0.25) is 0 Å². The van der Waals surface area contributed by atoms with Crippen molar-refractivity contribution in [1.82, 2.24) is 4.90 Å². The van der Waals surface area contributed by atoms with Gasteiger partial charge in [0.15, 0.2) is 0 Å². The molecular formula is C18H22N2OS. The second-order valence-electron chi connectivity index (χ2n) is 5.18. The molecule has 3 nitrogen and oxygen atoms in total. The van der Waals surface area contributed by atoms with Gasteiger partial charge in [-0.15, -0.1) is 11.8 Å². The molecule has 2 aromatic rings. The normalized spacial score (nSPS) is 10.3. The third-order valence-electron chi connectivity index (χ3n) is 3.54. The van der Waals surface area contributed by atoms with Crippen molar-refractivity contribution in [2.24, 2.45) is 0 Å². The molecule has 0 aliphatic rings. The van der Waals surface area contributed by atoms with Crippen molar-refractivity contribution in [2.75, 3.05) is 18.6 Å². The first kappa shape index (κ1) is 16.4. The number of benzene rings is 2. The van der Waals surface area contributed by atoms with Gasteiger partial charge in [0, 0.05) is 24.2 Å². The summed E-state index contributed by atoms with van der Waals surface area (Å²) in [4.78, 5) is 15.1. The Morgan fingerprint density at radius 3 is 2.18 bits per heavy atom. The van der Waals surface area contributed by atoms with Crippen LogP contribution in [0.5, 0.6) is 0 Å². The summed E-state index contributed by atoms with van der Waals surface area (Å²) < 4.78 is 0. The number of rotatable bonds is 5. The summed E-state index contributed by atoms with van der Waals surface area (Å²) >= 11 is 1.71. The highest BCUT2D eigenvalue weighted by molar-refractivity contribution is 7.98. The SMILES string of the molecule is CCc1ccc(NC(=O)N(C)Cc2ccc(SC)cc2)cc1. The Morgan fingerprint density at radius 2 is 1.64 bits per heavy atom. The number of aryl methyl sites for hydroxylation is 1. The van der Waals surface area contributed by atoms with E-state index in [-0.39, 0.29) is 6.03 Å². The van der Waals surface area contributed by atoms with Crippen LogP contribution in [0.4, 0.5) is 10.5 Å². The van der Waals surface area contributed by atoms with Crippen LogP contribution in [-0.2, 0) is 13.0 Å². The van der Waals surface area contributed by atoms with E-state index in [4.69, 9.17) is 0 Å². The second kappa shape index (κ2) is 7.90. The zero-order valence-corrected chi connectivity index (χ0v) is 14.1. The van der Waals surface area contributed by atoms with E-state index >= 15 is 0 Å². The smallest absolute Gasteiger partial charge is 0.321 e. The molecule has 2 aromatic carbocycles. The zero-order valence-electron chi connectivity index (χ0n) is 13.3. The number of carbonyl (C=O) groups excluding carboxylic acids is 1. The van der Waals surface area contributed by atoms with Gasteiger partial charge in [-0.3, -0.25) is 0 Å². The minimum atomic E-state index is -0.0989. The van der Waals surface area contributed by atoms with Crippen LogP contribution in [0.2, 0.25) is 0 Å². The van der Waals surface area contributed by atoms with Crippen molar-refractivity contribution in [2.45, 2.75) is 24.8 Å². The van der Waals surface area contributed by atoms with Crippen LogP contribution in [-0.4, -0.2) is 24.2 Å². The summed E-state index contributed by atoms with van der Waals surface area (Å²) in [6.45, 7) is 2.71. The number of hydrogen-bond acceptors (Lipinski definition) is 2. The van der Waals surface area contributed by atoms with Crippen molar-refractivity contribution < 1.29 is 4.79 Å². The molecule has 2 amide bonds. The Labute approximate surface area is 136 Å². The summed E-state index contributed by atoms with van der Waals surface area (Å²) in [6.07, 6.45) is 3.05. The Hall–Kier alpha value is -1.94. The van der Waals surface area contributed by atoms with Gasteiger partial charge in [-0.1, -0.05) is 31.2 Å². The fourth-order valence-corrected chi connectivity index (χ4v) is 2.53. The minimum Gasteiger partial charge on any atom is -0.323 e. The monoisotopic (exact) mass is 314 g/mol. The molecule has 0 saturated heterocycles. The van der Waals surface area contributed by atoms with E-state index < -0.39 is 0 Å². The topological polar surface area (TPSA) is 32.3 Å². The minimum absolute atomic E-state index is 0.0989. The van der Waals surface area contributed by atoms with Crippen LogP contribution in [0, 0.1) is 0 Å². The molecule has 0 fully saturated rings. The first-order valence-electron chi connectivity index (χ1n) is 7.36. The Kier molecular flexibility index (Phi) is 5.90. The van der Waals surface area contributed by atoms with Crippen LogP contribution in [0.15, 0.2) is 53.4 Å². The maximum atomic E-state index is 12.2. The Bertz CT molecular complexity index is 608. The van der Waals surface area contributed by atoms with E-state index in [1.165, 1.54) is 10.5 Å². The van der Waals surface area contributed by atoms with Crippen LogP contribution in [0.1, 0.15) is 18.1 Å². The van der Waals surface area contributed by atoms with Gasteiger partial charge in [-0.25, -0.2) is 4.79 Å². The molecule has 0 aromatic heterocycles. The Morgan fingerprint density at radius 1 is 1.05 bits per heavy atom. The number of hydrogen-bond donors (Lipinski definition) is 1. The summed E-state index contributed by atoms with van der Waals surface area (Å²) in [5.74, 6) is 0. The molecule has 0 heterocycles. The number of carbonyl (C=O) groups is 1. The highest BCUT2D eigenvalue weighted by Crippen LogP contribution is 2.16. The molecule has 0 atom stereocenters.